The lowest BCUT2D eigenvalue weighted by atomic mass is 10.0. The zero-order valence-corrected chi connectivity index (χ0v) is 16.7. The molecule has 6 heteroatoms. The second kappa shape index (κ2) is 8.88. The van der Waals surface area contributed by atoms with Crippen molar-refractivity contribution >= 4 is 5.91 Å². The van der Waals surface area contributed by atoms with E-state index < -0.39 is 0 Å². The van der Waals surface area contributed by atoms with E-state index in [-0.39, 0.29) is 12.0 Å². The number of hydrogen-bond acceptors (Lipinski definition) is 4. The number of aromatic nitrogens is 2. The molecule has 0 atom stereocenters. The van der Waals surface area contributed by atoms with Crippen molar-refractivity contribution in [3.8, 4) is 0 Å². The Morgan fingerprint density at radius 1 is 1.04 bits per heavy atom. The Labute approximate surface area is 167 Å². The molecule has 2 aliphatic heterocycles. The number of rotatable bonds is 5. The van der Waals surface area contributed by atoms with Crippen LogP contribution in [0.4, 0.5) is 0 Å². The van der Waals surface area contributed by atoms with Crippen molar-refractivity contribution in [1.29, 1.82) is 0 Å². The fourth-order valence-electron chi connectivity index (χ4n) is 4.23. The van der Waals surface area contributed by atoms with Crippen LogP contribution in [0.25, 0.3) is 0 Å². The Hall–Kier alpha value is -2.18. The molecular formula is C22H30N4O2. The molecule has 0 radical (unpaired) electrons. The van der Waals surface area contributed by atoms with Crippen LogP contribution in [0.3, 0.4) is 0 Å². The zero-order valence-electron chi connectivity index (χ0n) is 16.7. The monoisotopic (exact) mass is 382 g/mol. The molecule has 150 valence electrons. The summed E-state index contributed by atoms with van der Waals surface area (Å²) in [6, 6.07) is 10.7. The first kappa shape index (κ1) is 19.2. The van der Waals surface area contributed by atoms with Gasteiger partial charge in [0.1, 0.15) is 0 Å². The van der Waals surface area contributed by atoms with Crippen LogP contribution in [0.1, 0.15) is 41.9 Å². The second-order valence-corrected chi connectivity index (χ2v) is 7.95. The number of imidazole rings is 1. The van der Waals surface area contributed by atoms with E-state index in [2.05, 4.69) is 40.2 Å². The van der Waals surface area contributed by atoms with Crippen LogP contribution in [0.5, 0.6) is 0 Å². The first-order valence-corrected chi connectivity index (χ1v) is 10.4. The van der Waals surface area contributed by atoms with Crippen molar-refractivity contribution in [3.05, 3.63) is 54.1 Å². The molecule has 28 heavy (non-hydrogen) atoms. The number of ether oxygens (including phenoxy) is 1. The third kappa shape index (κ3) is 4.62. The van der Waals surface area contributed by atoms with Crippen LogP contribution in [-0.4, -0.2) is 63.6 Å². The SMILES string of the molecule is Cn1ccnc1C(=O)N1CCC(OC2CCN(Cc3ccccc3)CC2)CC1. The molecule has 0 unspecified atom stereocenters. The van der Waals surface area contributed by atoms with Gasteiger partial charge < -0.3 is 14.2 Å². The third-order valence-electron chi connectivity index (χ3n) is 5.91. The summed E-state index contributed by atoms with van der Waals surface area (Å²) in [5, 5.41) is 0. The molecule has 0 saturated carbocycles. The number of carbonyl (C=O) groups is 1. The molecule has 1 aromatic heterocycles. The van der Waals surface area contributed by atoms with E-state index in [1.807, 2.05) is 18.1 Å². The van der Waals surface area contributed by atoms with E-state index in [1.54, 1.807) is 10.8 Å². The molecule has 2 saturated heterocycles. The van der Waals surface area contributed by atoms with E-state index in [4.69, 9.17) is 4.74 Å². The van der Waals surface area contributed by atoms with Crippen molar-refractivity contribution in [2.45, 2.75) is 44.4 Å². The van der Waals surface area contributed by atoms with Gasteiger partial charge in [-0.15, -0.1) is 0 Å². The number of hydrogen-bond donors (Lipinski definition) is 0. The quantitative estimate of drug-likeness (QED) is 0.798. The molecular weight excluding hydrogens is 352 g/mol. The number of piperidine rings is 2. The number of likely N-dealkylation sites (tertiary alicyclic amines) is 2. The lowest BCUT2D eigenvalue weighted by Gasteiger charge is -2.37. The van der Waals surface area contributed by atoms with Gasteiger partial charge in [-0.3, -0.25) is 9.69 Å². The van der Waals surface area contributed by atoms with Crippen molar-refractivity contribution in [3.63, 3.8) is 0 Å². The highest BCUT2D eigenvalue weighted by Gasteiger charge is 2.29. The molecule has 0 aliphatic carbocycles. The predicted octanol–water partition coefficient (Wildman–Crippen LogP) is 2.71. The molecule has 0 bridgehead atoms. The summed E-state index contributed by atoms with van der Waals surface area (Å²) in [7, 11) is 1.86. The maximum Gasteiger partial charge on any atom is 0.289 e. The van der Waals surface area contributed by atoms with Gasteiger partial charge in [-0.05, 0) is 31.2 Å². The minimum atomic E-state index is 0.0279. The molecule has 1 aromatic carbocycles. The fraction of sp³-hybridized carbons (Fsp3) is 0.545. The van der Waals surface area contributed by atoms with Gasteiger partial charge in [0.05, 0.1) is 12.2 Å². The summed E-state index contributed by atoms with van der Waals surface area (Å²) in [6.45, 7) is 4.72. The first-order valence-electron chi connectivity index (χ1n) is 10.4. The third-order valence-corrected chi connectivity index (χ3v) is 5.91. The largest absolute Gasteiger partial charge is 0.375 e. The first-order chi connectivity index (χ1) is 13.7. The summed E-state index contributed by atoms with van der Waals surface area (Å²) < 4.78 is 8.17. The van der Waals surface area contributed by atoms with Gasteiger partial charge in [0.15, 0.2) is 5.82 Å². The van der Waals surface area contributed by atoms with Crippen molar-refractivity contribution in [1.82, 2.24) is 19.4 Å². The fourth-order valence-corrected chi connectivity index (χ4v) is 4.23. The Morgan fingerprint density at radius 3 is 2.29 bits per heavy atom. The van der Waals surface area contributed by atoms with Gasteiger partial charge in [0.2, 0.25) is 0 Å². The molecule has 2 aliphatic rings. The highest BCUT2D eigenvalue weighted by molar-refractivity contribution is 5.90. The highest BCUT2D eigenvalue weighted by atomic mass is 16.5. The van der Waals surface area contributed by atoms with Gasteiger partial charge in [0.25, 0.3) is 5.91 Å². The minimum absolute atomic E-state index is 0.0279. The molecule has 2 fully saturated rings. The Balaban J connectivity index is 1.19. The van der Waals surface area contributed by atoms with Gasteiger partial charge in [-0.1, -0.05) is 30.3 Å². The summed E-state index contributed by atoms with van der Waals surface area (Å²) in [4.78, 5) is 21.2. The molecule has 6 nitrogen and oxygen atoms in total. The van der Waals surface area contributed by atoms with Crippen LogP contribution in [0, 0.1) is 0 Å². The number of amides is 1. The Morgan fingerprint density at radius 2 is 1.68 bits per heavy atom. The number of nitrogens with zero attached hydrogens (tertiary/aromatic N) is 4. The van der Waals surface area contributed by atoms with Crippen molar-refractivity contribution in [2.24, 2.45) is 7.05 Å². The van der Waals surface area contributed by atoms with Crippen LogP contribution >= 0.6 is 0 Å². The van der Waals surface area contributed by atoms with E-state index in [9.17, 15) is 4.79 Å². The van der Waals surface area contributed by atoms with Crippen LogP contribution < -0.4 is 0 Å². The van der Waals surface area contributed by atoms with Crippen LogP contribution in [0.2, 0.25) is 0 Å². The van der Waals surface area contributed by atoms with Gasteiger partial charge in [0, 0.05) is 52.2 Å². The van der Waals surface area contributed by atoms with Crippen LogP contribution in [0.15, 0.2) is 42.7 Å². The molecule has 4 rings (SSSR count). The highest BCUT2D eigenvalue weighted by Crippen LogP contribution is 2.22. The van der Waals surface area contributed by atoms with E-state index in [0.29, 0.717) is 11.9 Å². The summed E-state index contributed by atoms with van der Waals surface area (Å²) in [5.41, 5.74) is 1.38. The number of aryl methyl sites for hydroxylation is 1. The topological polar surface area (TPSA) is 50.6 Å². The predicted molar refractivity (Wildman–Crippen MR) is 108 cm³/mol. The van der Waals surface area contributed by atoms with Gasteiger partial charge in [-0.25, -0.2) is 4.98 Å². The van der Waals surface area contributed by atoms with Crippen molar-refractivity contribution < 1.29 is 9.53 Å². The number of carbonyl (C=O) groups excluding carboxylic acids is 1. The van der Waals surface area contributed by atoms with Crippen LogP contribution in [-0.2, 0) is 18.3 Å². The maximum absolute atomic E-state index is 12.6. The lowest BCUT2D eigenvalue weighted by Crippen LogP contribution is -2.44. The normalized spacial score (nSPS) is 19.8. The second-order valence-electron chi connectivity index (χ2n) is 7.95. The summed E-state index contributed by atoms with van der Waals surface area (Å²) >= 11 is 0. The van der Waals surface area contributed by atoms with E-state index in [1.165, 1.54) is 5.56 Å². The minimum Gasteiger partial charge on any atom is -0.375 e. The van der Waals surface area contributed by atoms with E-state index in [0.717, 1.165) is 58.4 Å². The standard InChI is InChI=1S/C22H30N4O2/c1-24-16-11-23-21(24)22(27)26-14-9-20(10-15-26)28-19-7-12-25(13-8-19)17-18-5-3-2-4-6-18/h2-6,11,16,19-20H,7-10,12-15,17H2,1H3. The summed E-state index contributed by atoms with van der Waals surface area (Å²) in [6.07, 6.45) is 8.14. The molecule has 2 aromatic rings. The molecule has 0 N–H and O–H groups in total. The lowest BCUT2D eigenvalue weighted by molar-refractivity contribution is -0.0630. The molecule has 3 heterocycles. The molecule has 1 amide bonds. The Kier molecular flexibility index (Phi) is 6.07. The van der Waals surface area contributed by atoms with Gasteiger partial charge in [-0.2, -0.15) is 0 Å². The zero-order chi connectivity index (χ0) is 19.3. The maximum atomic E-state index is 12.6. The van der Waals surface area contributed by atoms with Gasteiger partial charge >= 0.3 is 0 Å². The Bertz CT molecular complexity index is 760. The average Bonchev–Trinajstić information content (AvgIpc) is 3.16. The smallest absolute Gasteiger partial charge is 0.289 e. The average molecular weight is 383 g/mol. The number of benzene rings is 1. The molecule has 0 spiro atoms. The van der Waals surface area contributed by atoms with Crippen molar-refractivity contribution in [2.75, 3.05) is 26.2 Å². The summed E-state index contributed by atoms with van der Waals surface area (Å²) in [5.74, 6) is 0.547. The van der Waals surface area contributed by atoms with E-state index >= 15 is 0 Å².